The number of fused-ring (bicyclic) bond motifs is 5. The first kappa shape index (κ1) is 44.5. The molecule has 2 aliphatic heterocycles. The number of benzene rings is 6. The predicted octanol–water partition coefficient (Wildman–Crippen LogP) is 15.0. The van der Waals surface area contributed by atoms with Gasteiger partial charge in [-0.25, -0.2) is 0 Å². The lowest BCUT2D eigenvalue weighted by atomic mass is 9.81. The Hall–Kier alpha value is -6.14. The molecule has 0 aromatic heterocycles. The summed E-state index contributed by atoms with van der Waals surface area (Å²) >= 11 is 0. The maximum Gasteiger partial charge on any atom is 0.181 e. The molecule has 2 unspecified atom stereocenters. The molecule has 0 fully saturated rings. The second-order valence-corrected chi connectivity index (χ2v) is 17.1. The van der Waals surface area contributed by atoms with Gasteiger partial charge in [0.15, 0.2) is 11.2 Å². The molecule has 2 heterocycles. The van der Waals surface area contributed by atoms with Crippen LogP contribution in [0.5, 0.6) is 34.5 Å². The zero-order chi connectivity index (χ0) is 44.2. The van der Waals surface area contributed by atoms with Crippen LogP contribution in [0.25, 0.3) is 22.9 Å². The Morgan fingerprint density at radius 2 is 0.875 bits per heavy atom. The monoisotopic (exact) mass is 856 g/mol. The Bertz CT molecular complexity index is 2350. The first-order valence-electron chi connectivity index (χ1n) is 23.6. The van der Waals surface area contributed by atoms with Gasteiger partial charge < -0.3 is 28.4 Å². The molecule has 332 valence electrons. The summed E-state index contributed by atoms with van der Waals surface area (Å²) in [7, 11) is 3.39. The standard InChI is InChI=1S/C58H64O6/c1-5-7-9-11-13-21-39-61-54-41-46(59-3)29-31-50(54)57(44-23-17-15-18-24-44)37-35-48-52(63-57)33-27-43-28-34-53-49(56(43)48)36-38-58(64-53,45-25-19-16-20-26-45)51-32-30-47(60-4)42-55(51)62-40-22-14-12-10-8-6-2/h15-20,23-38,41-42H,5-14,21-22,39-40H2,1-4H3. The predicted molar refractivity (Wildman–Crippen MR) is 261 cm³/mol. The zero-order valence-electron chi connectivity index (χ0n) is 38.2. The number of methoxy groups -OCH3 is 2. The molecule has 2 atom stereocenters. The van der Waals surface area contributed by atoms with E-state index in [1.165, 1.54) is 51.4 Å². The maximum atomic E-state index is 7.37. The van der Waals surface area contributed by atoms with E-state index in [-0.39, 0.29) is 0 Å². The van der Waals surface area contributed by atoms with Crippen LogP contribution < -0.4 is 28.4 Å². The Morgan fingerprint density at radius 1 is 0.453 bits per heavy atom. The lowest BCUT2D eigenvalue weighted by Gasteiger charge is -2.38. The first-order chi connectivity index (χ1) is 31.5. The largest absolute Gasteiger partial charge is 0.497 e. The van der Waals surface area contributed by atoms with E-state index in [1.807, 2.05) is 36.4 Å². The first-order valence-corrected chi connectivity index (χ1v) is 23.6. The van der Waals surface area contributed by atoms with Gasteiger partial charge >= 0.3 is 0 Å². The van der Waals surface area contributed by atoms with E-state index in [4.69, 9.17) is 28.4 Å². The van der Waals surface area contributed by atoms with Crippen molar-refractivity contribution in [3.05, 3.63) is 167 Å². The lowest BCUT2D eigenvalue weighted by molar-refractivity contribution is 0.154. The Kier molecular flexibility index (Phi) is 14.6. The highest BCUT2D eigenvalue weighted by molar-refractivity contribution is 6.02. The average molecular weight is 857 g/mol. The van der Waals surface area contributed by atoms with E-state index in [0.29, 0.717) is 13.2 Å². The molecule has 8 rings (SSSR count). The highest BCUT2D eigenvalue weighted by Gasteiger charge is 2.42. The van der Waals surface area contributed by atoms with Crippen LogP contribution in [0, 0.1) is 0 Å². The average Bonchev–Trinajstić information content (AvgIpc) is 3.35. The van der Waals surface area contributed by atoms with Gasteiger partial charge in [-0.3, -0.25) is 0 Å². The molecule has 0 N–H and O–H groups in total. The fourth-order valence-electron chi connectivity index (χ4n) is 9.28. The van der Waals surface area contributed by atoms with Crippen molar-refractivity contribution in [2.24, 2.45) is 0 Å². The van der Waals surface area contributed by atoms with Crippen molar-refractivity contribution >= 4 is 22.9 Å². The Morgan fingerprint density at radius 3 is 1.30 bits per heavy atom. The quantitative estimate of drug-likeness (QED) is 0.0634. The van der Waals surface area contributed by atoms with Crippen LogP contribution >= 0.6 is 0 Å². The Labute approximate surface area is 380 Å². The third-order valence-corrected chi connectivity index (χ3v) is 12.8. The van der Waals surface area contributed by atoms with Crippen molar-refractivity contribution in [1.29, 1.82) is 0 Å². The molecule has 64 heavy (non-hydrogen) atoms. The fourth-order valence-corrected chi connectivity index (χ4v) is 9.28. The molecule has 0 aliphatic carbocycles. The normalized spacial score (nSPS) is 17.2. The summed E-state index contributed by atoms with van der Waals surface area (Å²) in [6, 6.07) is 41.5. The maximum absolute atomic E-state index is 7.37. The topological polar surface area (TPSA) is 55.4 Å². The summed E-state index contributed by atoms with van der Waals surface area (Å²) in [5.74, 6) is 4.55. The van der Waals surface area contributed by atoms with E-state index in [2.05, 4.69) is 123 Å². The van der Waals surface area contributed by atoms with E-state index in [1.54, 1.807) is 14.2 Å². The van der Waals surface area contributed by atoms with Crippen LogP contribution in [-0.4, -0.2) is 27.4 Å². The fraction of sp³-hybridized carbons (Fsp3) is 0.345. The smallest absolute Gasteiger partial charge is 0.181 e. The second kappa shape index (κ2) is 21.0. The summed E-state index contributed by atoms with van der Waals surface area (Å²) in [4.78, 5) is 0. The number of rotatable bonds is 22. The number of hydrogen-bond donors (Lipinski definition) is 0. The molecular weight excluding hydrogens is 793 g/mol. The summed E-state index contributed by atoms with van der Waals surface area (Å²) in [6.45, 7) is 5.74. The van der Waals surface area contributed by atoms with Crippen LogP contribution in [-0.2, 0) is 11.2 Å². The van der Waals surface area contributed by atoms with Gasteiger partial charge in [-0.2, -0.15) is 0 Å². The van der Waals surface area contributed by atoms with Gasteiger partial charge in [-0.1, -0.05) is 151 Å². The van der Waals surface area contributed by atoms with Gasteiger partial charge in [0.25, 0.3) is 0 Å². The number of ether oxygens (including phenoxy) is 6. The van der Waals surface area contributed by atoms with Crippen molar-refractivity contribution in [3.8, 4) is 34.5 Å². The van der Waals surface area contributed by atoms with E-state index >= 15 is 0 Å². The molecule has 0 spiro atoms. The third kappa shape index (κ3) is 9.38. The van der Waals surface area contributed by atoms with Crippen LogP contribution in [0.2, 0.25) is 0 Å². The molecular formula is C58H64O6. The molecule has 0 bridgehead atoms. The van der Waals surface area contributed by atoms with Crippen molar-refractivity contribution < 1.29 is 28.4 Å². The van der Waals surface area contributed by atoms with E-state index in [9.17, 15) is 0 Å². The highest BCUT2D eigenvalue weighted by Crippen LogP contribution is 2.51. The third-order valence-electron chi connectivity index (χ3n) is 12.8. The van der Waals surface area contributed by atoms with Crippen LogP contribution in [0.4, 0.5) is 0 Å². The molecule has 6 heteroatoms. The van der Waals surface area contributed by atoms with Gasteiger partial charge in [0.2, 0.25) is 0 Å². The van der Waals surface area contributed by atoms with Gasteiger partial charge in [0.1, 0.15) is 34.5 Å². The molecule has 6 nitrogen and oxygen atoms in total. The van der Waals surface area contributed by atoms with Crippen molar-refractivity contribution in [3.63, 3.8) is 0 Å². The molecule has 0 amide bonds. The molecule has 2 aliphatic rings. The molecule has 0 saturated carbocycles. The molecule has 0 saturated heterocycles. The summed E-state index contributed by atoms with van der Waals surface area (Å²) in [6.07, 6.45) is 23.1. The van der Waals surface area contributed by atoms with Crippen LogP contribution in [0.15, 0.2) is 133 Å². The van der Waals surface area contributed by atoms with Crippen molar-refractivity contribution in [2.75, 3.05) is 27.4 Å². The van der Waals surface area contributed by atoms with Gasteiger partial charge in [-0.05, 0) is 78.9 Å². The van der Waals surface area contributed by atoms with E-state index < -0.39 is 11.2 Å². The Balaban J connectivity index is 1.17. The molecule has 0 radical (unpaired) electrons. The van der Waals surface area contributed by atoms with Crippen LogP contribution in [0.1, 0.15) is 124 Å². The SMILES string of the molecule is CCCCCCCCOc1cc(OC)ccc1C1(c2ccccc2)C=Cc2c(ccc3ccc4c(c23)C=CC(c2ccccc2)(c2ccc(OC)cc2OCCCCCCCC)O4)O1. The van der Waals surface area contributed by atoms with Crippen molar-refractivity contribution in [1.82, 2.24) is 0 Å². The zero-order valence-corrected chi connectivity index (χ0v) is 38.2. The molecule has 6 aromatic rings. The minimum absolute atomic E-state index is 0.619. The number of unbranched alkanes of at least 4 members (excludes halogenated alkanes) is 10. The van der Waals surface area contributed by atoms with E-state index in [0.717, 1.165) is 104 Å². The minimum Gasteiger partial charge on any atom is -0.497 e. The van der Waals surface area contributed by atoms with Gasteiger partial charge in [0.05, 0.1) is 27.4 Å². The molecule has 6 aromatic carbocycles. The number of hydrogen-bond acceptors (Lipinski definition) is 6. The lowest BCUT2D eigenvalue weighted by Crippen LogP contribution is -2.35. The van der Waals surface area contributed by atoms with Gasteiger partial charge in [-0.15, -0.1) is 0 Å². The highest BCUT2D eigenvalue weighted by atomic mass is 16.5. The minimum atomic E-state index is -0.964. The summed E-state index contributed by atoms with van der Waals surface area (Å²) in [5.41, 5.74) is 3.93. The van der Waals surface area contributed by atoms with Crippen LogP contribution in [0.3, 0.4) is 0 Å². The summed E-state index contributed by atoms with van der Waals surface area (Å²) in [5, 5.41) is 2.16. The summed E-state index contributed by atoms with van der Waals surface area (Å²) < 4.78 is 39.5. The van der Waals surface area contributed by atoms with Gasteiger partial charge in [0, 0.05) is 50.9 Å². The van der Waals surface area contributed by atoms with Crippen molar-refractivity contribution in [2.45, 2.75) is 102 Å². The second-order valence-electron chi connectivity index (χ2n) is 17.1.